The molecule has 0 aliphatic carbocycles. The summed E-state index contributed by atoms with van der Waals surface area (Å²) in [6.07, 6.45) is 0. The van der Waals surface area contributed by atoms with E-state index in [9.17, 15) is 4.79 Å². The van der Waals surface area contributed by atoms with Crippen LogP contribution in [0.3, 0.4) is 0 Å². The summed E-state index contributed by atoms with van der Waals surface area (Å²) in [7, 11) is 1.79. The van der Waals surface area contributed by atoms with Gasteiger partial charge in [0.25, 0.3) is 0 Å². The van der Waals surface area contributed by atoms with Gasteiger partial charge >= 0.3 is 0 Å². The highest BCUT2D eigenvalue weighted by Crippen LogP contribution is 2.17. The van der Waals surface area contributed by atoms with E-state index >= 15 is 0 Å². The molecule has 0 bridgehead atoms. The Bertz CT molecular complexity index is 568. The minimum Gasteiger partial charge on any atom is -0.329 e. The van der Waals surface area contributed by atoms with E-state index in [1.165, 1.54) is 0 Å². The molecule has 3 N–H and O–H groups in total. The first-order valence-corrected chi connectivity index (χ1v) is 6.18. The average molecular weight is 295 g/mol. The standard InChI is InChI=1S/C14H18N4O.ClH/c1-10-8-13(18(2)17-10)16-14(19)12(9-15)11-6-4-3-5-7-11;/h3-8,12H,9,15H2,1-2H3,(H,16,19);1H. The van der Waals surface area contributed by atoms with Gasteiger partial charge in [-0.3, -0.25) is 9.48 Å². The Morgan fingerprint density at radius 2 is 2.05 bits per heavy atom. The van der Waals surface area contributed by atoms with Crippen molar-refractivity contribution in [2.75, 3.05) is 11.9 Å². The molecule has 0 radical (unpaired) electrons. The Kier molecular flexibility index (Phi) is 5.73. The van der Waals surface area contributed by atoms with Crippen LogP contribution in [-0.4, -0.2) is 22.2 Å². The third kappa shape index (κ3) is 3.59. The van der Waals surface area contributed by atoms with Crippen molar-refractivity contribution in [3.05, 3.63) is 47.7 Å². The number of nitrogens with one attached hydrogen (secondary N) is 1. The van der Waals surface area contributed by atoms with E-state index in [1.807, 2.05) is 43.3 Å². The second kappa shape index (κ2) is 7.07. The number of hydrogen-bond donors (Lipinski definition) is 2. The summed E-state index contributed by atoms with van der Waals surface area (Å²) in [5, 5.41) is 7.05. The van der Waals surface area contributed by atoms with Gasteiger partial charge in [-0.1, -0.05) is 30.3 Å². The molecule has 0 fully saturated rings. The molecule has 1 heterocycles. The Balaban J connectivity index is 0.00000200. The van der Waals surface area contributed by atoms with Crippen molar-refractivity contribution in [2.45, 2.75) is 12.8 Å². The lowest BCUT2D eigenvalue weighted by Gasteiger charge is -2.15. The third-order valence-electron chi connectivity index (χ3n) is 3.01. The molecule has 1 aromatic heterocycles. The highest BCUT2D eigenvalue weighted by atomic mass is 35.5. The molecular formula is C14H19ClN4O. The zero-order valence-electron chi connectivity index (χ0n) is 11.5. The Labute approximate surface area is 124 Å². The molecule has 1 aromatic carbocycles. The number of benzene rings is 1. The number of aryl methyl sites for hydroxylation is 2. The maximum absolute atomic E-state index is 12.3. The number of nitrogens with zero attached hydrogens (tertiary/aromatic N) is 2. The van der Waals surface area contributed by atoms with Crippen LogP contribution in [0.2, 0.25) is 0 Å². The molecule has 6 heteroatoms. The smallest absolute Gasteiger partial charge is 0.234 e. The van der Waals surface area contributed by atoms with Crippen LogP contribution < -0.4 is 11.1 Å². The van der Waals surface area contributed by atoms with E-state index < -0.39 is 0 Å². The van der Waals surface area contributed by atoms with Crippen molar-refractivity contribution in [1.82, 2.24) is 9.78 Å². The van der Waals surface area contributed by atoms with Crippen LogP contribution in [-0.2, 0) is 11.8 Å². The van der Waals surface area contributed by atoms with E-state index in [2.05, 4.69) is 10.4 Å². The normalized spacial score (nSPS) is 11.6. The maximum atomic E-state index is 12.3. The van der Waals surface area contributed by atoms with E-state index in [0.29, 0.717) is 5.82 Å². The number of carbonyl (C=O) groups excluding carboxylic acids is 1. The topological polar surface area (TPSA) is 72.9 Å². The molecule has 108 valence electrons. The van der Waals surface area contributed by atoms with E-state index in [0.717, 1.165) is 11.3 Å². The summed E-state index contributed by atoms with van der Waals surface area (Å²) in [4.78, 5) is 12.3. The Morgan fingerprint density at radius 3 is 2.55 bits per heavy atom. The number of aromatic nitrogens is 2. The van der Waals surface area contributed by atoms with Crippen molar-refractivity contribution in [2.24, 2.45) is 12.8 Å². The van der Waals surface area contributed by atoms with Crippen LogP contribution in [0.1, 0.15) is 17.2 Å². The largest absolute Gasteiger partial charge is 0.329 e. The van der Waals surface area contributed by atoms with Crippen LogP contribution >= 0.6 is 12.4 Å². The molecular weight excluding hydrogens is 276 g/mol. The monoisotopic (exact) mass is 294 g/mol. The predicted octanol–water partition coefficient (Wildman–Crippen LogP) is 1.83. The van der Waals surface area contributed by atoms with Crippen molar-refractivity contribution in [3.63, 3.8) is 0 Å². The second-order valence-electron chi connectivity index (χ2n) is 4.48. The first-order chi connectivity index (χ1) is 9.11. The fourth-order valence-corrected chi connectivity index (χ4v) is 2.02. The van der Waals surface area contributed by atoms with Crippen molar-refractivity contribution in [1.29, 1.82) is 0 Å². The number of rotatable bonds is 4. The van der Waals surface area contributed by atoms with Gasteiger partial charge in [-0.05, 0) is 12.5 Å². The zero-order valence-corrected chi connectivity index (χ0v) is 12.4. The molecule has 5 nitrogen and oxygen atoms in total. The molecule has 1 amide bonds. The number of anilines is 1. The van der Waals surface area contributed by atoms with Crippen molar-refractivity contribution in [3.8, 4) is 0 Å². The van der Waals surface area contributed by atoms with Crippen LogP contribution in [0, 0.1) is 6.92 Å². The molecule has 2 rings (SSSR count). The third-order valence-corrected chi connectivity index (χ3v) is 3.01. The highest BCUT2D eigenvalue weighted by molar-refractivity contribution is 5.95. The fraction of sp³-hybridized carbons (Fsp3) is 0.286. The number of nitrogens with two attached hydrogens (primary N) is 1. The van der Waals surface area contributed by atoms with Gasteiger partial charge in [0.2, 0.25) is 5.91 Å². The van der Waals surface area contributed by atoms with Crippen LogP contribution in [0.15, 0.2) is 36.4 Å². The summed E-state index contributed by atoms with van der Waals surface area (Å²) in [6, 6.07) is 11.4. The molecule has 1 unspecified atom stereocenters. The second-order valence-corrected chi connectivity index (χ2v) is 4.48. The Morgan fingerprint density at radius 1 is 1.40 bits per heavy atom. The number of carbonyl (C=O) groups is 1. The predicted molar refractivity (Wildman–Crippen MR) is 82.1 cm³/mol. The summed E-state index contributed by atoms with van der Waals surface area (Å²) in [6.45, 7) is 2.15. The number of hydrogen-bond acceptors (Lipinski definition) is 3. The number of halogens is 1. The van der Waals surface area contributed by atoms with E-state index in [4.69, 9.17) is 5.73 Å². The molecule has 0 aliphatic heterocycles. The SMILES string of the molecule is Cc1cc(NC(=O)C(CN)c2ccccc2)n(C)n1.Cl. The molecule has 0 saturated carbocycles. The van der Waals surface area contributed by atoms with Crippen molar-refractivity contribution < 1.29 is 4.79 Å². The first kappa shape index (κ1) is 16.2. The van der Waals surface area contributed by atoms with Gasteiger partial charge in [0.15, 0.2) is 0 Å². The lowest BCUT2D eigenvalue weighted by Crippen LogP contribution is -2.28. The Hall–Kier alpha value is -1.85. The summed E-state index contributed by atoms with van der Waals surface area (Å²) in [5.41, 5.74) is 7.50. The van der Waals surface area contributed by atoms with Gasteiger partial charge < -0.3 is 11.1 Å². The van der Waals surface area contributed by atoms with E-state index in [-0.39, 0.29) is 30.8 Å². The lowest BCUT2D eigenvalue weighted by atomic mass is 9.98. The number of amides is 1. The van der Waals surface area contributed by atoms with Crippen molar-refractivity contribution >= 4 is 24.1 Å². The van der Waals surface area contributed by atoms with E-state index in [1.54, 1.807) is 11.7 Å². The minimum absolute atomic E-state index is 0. The summed E-state index contributed by atoms with van der Waals surface area (Å²) < 4.78 is 1.64. The lowest BCUT2D eigenvalue weighted by molar-refractivity contribution is -0.117. The van der Waals surface area contributed by atoms with Gasteiger partial charge in [-0.2, -0.15) is 5.10 Å². The van der Waals surface area contributed by atoms with Gasteiger partial charge in [-0.25, -0.2) is 0 Å². The zero-order chi connectivity index (χ0) is 13.8. The molecule has 0 saturated heterocycles. The quantitative estimate of drug-likeness (QED) is 0.903. The molecule has 20 heavy (non-hydrogen) atoms. The molecule has 1 atom stereocenters. The molecule has 0 aliphatic rings. The molecule has 2 aromatic rings. The van der Waals surface area contributed by atoms with Gasteiger partial charge in [0.1, 0.15) is 5.82 Å². The summed E-state index contributed by atoms with van der Waals surface area (Å²) in [5.74, 6) is 0.213. The van der Waals surface area contributed by atoms with Crippen LogP contribution in [0.4, 0.5) is 5.82 Å². The highest BCUT2D eigenvalue weighted by Gasteiger charge is 2.19. The van der Waals surface area contributed by atoms with Crippen LogP contribution in [0.25, 0.3) is 0 Å². The average Bonchev–Trinajstić information content (AvgIpc) is 2.70. The first-order valence-electron chi connectivity index (χ1n) is 6.18. The molecule has 0 spiro atoms. The van der Waals surface area contributed by atoms with Gasteiger partial charge in [0.05, 0.1) is 11.6 Å². The fourth-order valence-electron chi connectivity index (χ4n) is 2.02. The minimum atomic E-state index is -0.351. The van der Waals surface area contributed by atoms with Gasteiger partial charge in [-0.15, -0.1) is 12.4 Å². The summed E-state index contributed by atoms with van der Waals surface area (Å²) >= 11 is 0. The van der Waals surface area contributed by atoms with Gasteiger partial charge in [0, 0.05) is 19.7 Å². The van der Waals surface area contributed by atoms with Crippen LogP contribution in [0.5, 0.6) is 0 Å². The maximum Gasteiger partial charge on any atom is 0.234 e.